The molecule has 0 radical (unpaired) electrons. The summed E-state index contributed by atoms with van der Waals surface area (Å²) in [4.78, 5) is 4.42. The van der Waals surface area contributed by atoms with E-state index in [4.69, 9.17) is 0 Å². The van der Waals surface area contributed by atoms with Crippen molar-refractivity contribution in [2.24, 2.45) is 11.8 Å². The minimum absolute atomic E-state index is 0.728. The van der Waals surface area contributed by atoms with Gasteiger partial charge >= 0.3 is 0 Å². The summed E-state index contributed by atoms with van der Waals surface area (Å²) >= 11 is 3.47. The van der Waals surface area contributed by atoms with Crippen molar-refractivity contribution in [2.45, 2.75) is 26.2 Å². The fourth-order valence-corrected chi connectivity index (χ4v) is 3.36. The molecule has 0 aromatic carbocycles. The summed E-state index contributed by atoms with van der Waals surface area (Å²) in [5.41, 5.74) is 4.01. The maximum atomic E-state index is 4.42. The van der Waals surface area contributed by atoms with Crippen molar-refractivity contribution in [3.05, 3.63) is 34.1 Å². The van der Waals surface area contributed by atoms with Crippen molar-refractivity contribution in [3.63, 3.8) is 0 Å². The van der Waals surface area contributed by atoms with Gasteiger partial charge in [0.1, 0.15) is 4.60 Å². The van der Waals surface area contributed by atoms with Crippen molar-refractivity contribution >= 4 is 21.5 Å². The van der Waals surface area contributed by atoms with E-state index in [2.05, 4.69) is 45.3 Å². The topological polar surface area (TPSA) is 24.9 Å². The largest absolute Gasteiger partial charge is 0.316 e. The second-order valence-corrected chi connectivity index (χ2v) is 6.23. The first-order valence-corrected chi connectivity index (χ1v) is 7.57. The zero-order valence-electron chi connectivity index (χ0n) is 10.7. The molecular weight excluding hydrogens is 288 g/mol. The molecule has 2 aliphatic rings. The lowest BCUT2D eigenvalue weighted by molar-refractivity contribution is 0.279. The van der Waals surface area contributed by atoms with E-state index >= 15 is 0 Å². The Kier molecular flexibility index (Phi) is 3.53. The SMILES string of the molecule is Cc1cc(C2=C[C@H]3CNCC[C@H]3CC2)cnc1Br. The van der Waals surface area contributed by atoms with E-state index in [9.17, 15) is 0 Å². The molecule has 18 heavy (non-hydrogen) atoms. The first-order chi connectivity index (χ1) is 8.74. The summed E-state index contributed by atoms with van der Waals surface area (Å²) in [5.74, 6) is 1.63. The van der Waals surface area contributed by atoms with Crippen LogP contribution in [0.5, 0.6) is 0 Å². The van der Waals surface area contributed by atoms with Crippen LogP contribution in [0.4, 0.5) is 0 Å². The van der Waals surface area contributed by atoms with Crippen molar-refractivity contribution in [3.8, 4) is 0 Å². The van der Waals surface area contributed by atoms with E-state index in [1.54, 1.807) is 0 Å². The highest BCUT2D eigenvalue weighted by Gasteiger charge is 2.27. The van der Waals surface area contributed by atoms with E-state index < -0.39 is 0 Å². The lowest BCUT2D eigenvalue weighted by atomic mass is 9.76. The normalized spacial score (nSPS) is 27.6. The van der Waals surface area contributed by atoms with E-state index in [-0.39, 0.29) is 0 Å². The number of hydrogen-bond donors (Lipinski definition) is 1. The number of aromatic nitrogens is 1. The molecule has 1 aliphatic carbocycles. The maximum Gasteiger partial charge on any atom is 0.109 e. The van der Waals surface area contributed by atoms with Gasteiger partial charge in [-0.1, -0.05) is 6.08 Å². The highest BCUT2D eigenvalue weighted by Crippen LogP contribution is 2.36. The molecule has 2 atom stereocenters. The highest BCUT2D eigenvalue weighted by atomic mass is 79.9. The number of nitrogens with zero attached hydrogens (tertiary/aromatic N) is 1. The molecule has 3 rings (SSSR count). The van der Waals surface area contributed by atoms with Crippen LogP contribution in [-0.2, 0) is 0 Å². The molecular formula is C15H19BrN2. The maximum absolute atomic E-state index is 4.42. The molecule has 0 saturated carbocycles. The molecule has 1 fully saturated rings. The third-order valence-electron chi connectivity index (χ3n) is 4.26. The van der Waals surface area contributed by atoms with Crippen LogP contribution >= 0.6 is 15.9 Å². The highest BCUT2D eigenvalue weighted by molar-refractivity contribution is 9.10. The number of hydrogen-bond acceptors (Lipinski definition) is 2. The monoisotopic (exact) mass is 306 g/mol. The molecule has 1 aliphatic heterocycles. The van der Waals surface area contributed by atoms with E-state index in [0.717, 1.165) is 23.0 Å². The second kappa shape index (κ2) is 5.14. The minimum atomic E-state index is 0.728. The van der Waals surface area contributed by atoms with Gasteiger partial charge in [0, 0.05) is 12.7 Å². The molecule has 96 valence electrons. The summed E-state index contributed by atoms with van der Waals surface area (Å²) < 4.78 is 0.958. The predicted molar refractivity (Wildman–Crippen MR) is 78.4 cm³/mol. The molecule has 1 saturated heterocycles. The number of halogens is 1. The van der Waals surface area contributed by atoms with Gasteiger partial charge < -0.3 is 5.32 Å². The fraction of sp³-hybridized carbons (Fsp3) is 0.533. The molecule has 0 spiro atoms. The lowest BCUT2D eigenvalue weighted by Gasteiger charge is -2.34. The number of pyridine rings is 1. The van der Waals surface area contributed by atoms with Crippen LogP contribution in [-0.4, -0.2) is 18.1 Å². The van der Waals surface area contributed by atoms with Crippen LogP contribution in [0.3, 0.4) is 0 Å². The van der Waals surface area contributed by atoms with Crippen LogP contribution < -0.4 is 5.32 Å². The van der Waals surface area contributed by atoms with E-state index in [0.29, 0.717) is 0 Å². The van der Waals surface area contributed by atoms with Crippen molar-refractivity contribution in [1.29, 1.82) is 0 Å². The van der Waals surface area contributed by atoms with E-state index in [1.165, 1.54) is 42.5 Å². The van der Waals surface area contributed by atoms with Crippen LogP contribution in [0.1, 0.15) is 30.4 Å². The predicted octanol–water partition coefficient (Wildman–Crippen LogP) is 3.56. The standard InChI is InChI=1S/C15H19BrN2/c1-10-6-13(9-18-15(10)16)12-3-2-11-4-5-17-8-14(11)7-12/h6-7,9,11,14,17H,2-5,8H2,1H3/t11-,14+/m1/s1. The summed E-state index contributed by atoms with van der Waals surface area (Å²) in [6, 6.07) is 2.25. The van der Waals surface area contributed by atoms with Gasteiger partial charge in [-0.3, -0.25) is 0 Å². The third-order valence-corrected chi connectivity index (χ3v) is 5.09. The molecule has 0 unspecified atom stereocenters. The average molecular weight is 307 g/mol. The first-order valence-electron chi connectivity index (χ1n) is 6.78. The van der Waals surface area contributed by atoms with Gasteiger partial charge in [0.15, 0.2) is 0 Å². The van der Waals surface area contributed by atoms with Crippen molar-refractivity contribution in [1.82, 2.24) is 10.3 Å². The fourth-order valence-electron chi connectivity index (χ4n) is 3.15. The molecule has 3 heteroatoms. The quantitative estimate of drug-likeness (QED) is 0.803. The number of allylic oxidation sites excluding steroid dienone is 1. The minimum Gasteiger partial charge on any atom is -0.316 e. The number of fused-ring (bicyclic) bond motifs is 1. The zero-order chi connectivity index (χ0) is 12.5. The molecule has 0 amide bonds. The smallest absolute Gasteiger partial charge is 0.109 e. The lowest BCUT2D eigenvalue weighted by Crippen LogP contribution is -2.37. The number of aryl methyl sites for hydroxylation is 1. The second-order valence-electron chi connectivity index (χ2n) is 5.48. The van der Waals surface area contributed by atoms with Gasteiger partial charge in [-0.15, -0.1) is 0 Å². The number of nitrogens with one attached hydrogen (secondary N) is 1. The van der Waals surface area contributed by atoms with Gasteiger partial charge in [-0.2, -0.15) is 0 Å². The Morgan fingerprint density at radius 2 is 2.28 bits per heavy atom. The Bertz CT molecular complexity index is 481. The van der Waals surface area contributed by atoms with Crippen molar-refractivity contribution in [2.75, 3.05) is 13.1 Å². The molecule has 1 aromatic rings. The van der Waals surface area contributed by atoms with Crippen LogP contribution in [0.25, 0.3) is 5.57 Å². The third kappa shape index (κ3) is 2.39. The summed E-state index contributed by atoms with van der Waals surface area (Å²) in [5, 5.41) is 3.51. The Morgan fingerprint density at radius 1 is 1.39 bits per heavy atom. The van der Waals surface area contributed by atoms with Gasteiger partial charge in [-0.25, -0.2) is 4.98 Å². The van der Waals surface area contributed by atoms with Crippen molar-refractivity contribution < 1.29 is 0 Å². The summed E-state index contributed by atoms with van der Waals surface area (Å²) in [6.45, 7) is 4.45. The zero-order valence-corrected chi connectivity index (χ0v) is 12.3. The molecule has 1 N–H and O–H groups in total. The Hall–Kier alpha value is -0.670. The molecule has 2 nitrogen and oxygen atoms in total. The first kappa shape index (κ1) is 12.4. The number of piperidine rings is 1. The Labute approximate surface area is 117 Å². The Morgan fingerprint density at radius 3 is 3.11 bits per heavy atom. The summed E-state index contributed by atoms with van der Waals surface area (Å²) in [7, 11) is 0. The summed E-state index contributed by atoms with van der Waals surface area (Å²) in [6.07, 6.45) is 8.38. The van der Waals surface area contributed by atoms with Crippen LogP contribution in [0, 0.1) is 18.8 Å². The van der Waals surface area contributed by atoms with Gasteiger partial charge in [0.2, 0.25) is 0 Å². The molecule has 0 bridgehead atoms. The van der Waals surface area contributed by atoms with Gasteiger partial charge in [0.05, 0.1) is 0 Å². The van der Waals surface area contributed by atoms with Crippen LogP contribution in [0.15, 0.2) is 22.9 Å². The van der Waals surface area contributed by atoms with Gasteiger partial charge in [0.25, 0.3) is 0 Å². The number of rotatable bonds is 1. The molecule has 2 heterocycles. The average Bonchev–Trinajstić information content (AvgIpc) is 2.41. The Balaban J connectivity index is 1.87. The van der Waals surface area contributed by atoms with Gasteiger partial charge in [-0.05, 0) is 83.3 Å². The van der Waals surface area contributed by atoms with Crippen LogP contribution in [0.2, 0.25) is 0 Å². The van der Waals surface area contributed by atoms with E-state index in [1.807, 2.05) is 6.20 Å². The molecule has 1 aromatic heterocycles.